The maximum Gasteiger partial charge on any atom is 0.252 e. The first-order chi connectivity index (χ1) is 13.2. The summed E-state index contributed by atoms with van der Waals surface area (Å²) in [5.74, 6) is -0.0147. The fraction of sp³-hybridized carbons (Fsp3) is 0.636. The van der Waals surface area contributed by atoms with Crippen molar-refractivity contribution in [2.75, 3.05) is 32.8 Å². The first-order valence-electron chi connectivity index (χ1n) is 10.3. The SMILES string of the molecule is Cc1ccccc1C(=O)N[C@H](CC(C)C)C(=O)NCC(C)(C)[NH+]1CCOCC1. The van der Waals surface area contributed by atoms with E-state index in [4.69, 9.17) is 4.74 Å². The minimum absolute atomic E-state index is 0.0815. The predicted molar refractivity (Wildman–Crippen MR) is 110 cm³/mol. The van der Waals surface area contributed by atoms with Gasteiger partial charge in [-0.15, -0.1) is 0 Å². The molecule has 1 heterocycles. The fourth-order valence-corrected chi connectivity index (χ4v) is 3.62. The maximum atomic E-state index is 12.9. The molecule has 0 aromatic heterocycles. The smallest absolute Gasteiger partial charge is 0.252 e. The molecule has 0 saturated carbocycles. The number of benzene rings is 1. The van der Waals surface area contributed by atoms with E-state index in [1.807, 2.05) is 25.1 Å². The van der Waals surface area contributed by atoms with Gasteiger partial charge in [0.2, 0.25) is 5.91 Å². The lowest BCUT2D eigenvalue weighted by Crippen LogP contribution is -3.22. The van der Waals surface area contributed by atoms with Crippen molar-refractivity contribution in [3.63, 3.8) is 0 Å². The van der Waals surface area contributed by atoms with E-state index in [9.17, 15) is 9.59 Å². The summed E-state index contributed by atoms with van der Waals surface area (Å²) in [7, 11) is 0. The van der Waals surface area contributed by atoms with Gasteiger partial charge in [0, 0.05) is 5.56 Å². The van der Waals surface area contributed by atoms with Crippen LogP contribution in [0.2, 0.25) is 0 Å². The third-order valence-electron chi connectivity index (χ3n) is 5.48. The predicted octanol–water partition coefficient (Wildman–Crippen LogP) is 0.949. The van der Waals surface area contributed by atoms with Gasteiger partial charge < -0.3 is 20.3 Å². The van der Waals surface area contributed by atoms with Gasteiger partial charge in [-0.25, -0.2) is 0 Å². The summed E-state index contributed by atoms with van der Waals surface area (Å²) in [6.45, 7) is 14.3. The quantitative estimate of drug-likeness (QED) is 0.619. The summed E-state index contributed by atoms with van der Waals surface area (Å²) < 4.78 is 5.44. The molecule has 28 heavy (non-hydrogen) atoms. The molecule has 6 heteroatoms. The number of quaternary nitrogens is 1. The molecule has 2 amide bonds. The Kier molecular flexibility index (Phi) is 8.01. The van der Waals surface area contributed by atoms with Gasteiger partial charge in [-0.1, -0.05) is 32.0 Å². The molecule has 1 saturated heterocycles. The molecule has 1 aliphatic heterocycles. The van der Waals surface area contributed by atoms with E-state index in [1.165, 1.54) is 4.90 Å². The molecule has 1 aliphatic rings. The molecule has 2 rings (SSSR count). The lowest BCUT2D eigenvalue weighted by atomic mass is 9.99. The average molecular weight is 391 g/mol. The van der Waals surface area contributed by atoms with Gasteiger partial charge in [-0.3, -0.25) is 9.59 Å². The number of rotatable bonds is 8. The van der Waals surface area contributed by atoms with Crippen LogP contribution in [0.4, 0.5) is 0 Å². The van der Waals surface area contributed by atoms with Crippen LogP contribution in [0.1, 0.15) is 50.0 Å². The summed E-state index contributed by atoms with van der Waals surface area (Å²) in [5, 5.41) is 6.03. The van der Waals surface area contributed by atoms with Crippen LogP contribution in [-0.4, -0.2) is 56.2 Å². The van der Waals surface area contributed by atoms with Crippen molar-refractivity contribution in [2.45, 2.75) is 52.6 Å². The summed E-state index contributed by atoms with van der Waals surface area (Å²) in [6.07, 6.45) is 0.605. The van der Waals surface area contributed by atoms with Crippen LogP contribution < -0.4 is 15.5 Å². The van der Waals surface area contributed by atoms with E-state index in [2.05, 4.69) is 38.3 Å². The molecule has 0 unspecified atom stereocenters. The largest absolute Gasteiger partial charge is 0.370 e. The standard InChI is InChI=1S/C22H35N3O3/c1-16(2)14-19(24-20(26)18-9-7-6-8-17(18)3)21(27)23-15-22(4,5)25-10-12-28-13-11-25/h6-9,16,19H,10-15H2,1-5H3,(H,23,27)(H,24,26)/p+1/t19-/m1/s1. The van der Waals surface area contributed by atoms with E-state index < -0.39 is 6.04 Å². The molecule has 1 aromatic rings. The van der Waals surface area contributed by atoms with Crippen LogP contribution >= 0.6 is 0 Å². The monoisotopic (exact) mass is 390 g/mol. The summed E-state index contributed by atoms with van der Waals surface area (Å²) >= 11 is 0. The Morgan fingerprint density at radius 1 is 1.18 bits per heavy atom. The maximum absolute atomic E-state index is 12.9. The molecule has 1 aromatic carbocycles. The number of hydrogen-bond acceptors (Lipinski definition) is 3. The molecule has 0 radical (unpaired) electrons. The molecule has 156 valence electrons. The number of hydrogen-bond donors (Lipinski definition) is 3. The number of nitrogens with one attached hydrogen (secondary N) is 3. The van der Waals surface area contributed by atoms with Crippen molar-refractivity contribution < 1.29 is 19.2 Å². The van der Waals surface area contributed by atoms with Gasteiger partial charge in [-0.05, 0) is 44.7 Å². The van der Waals surface area contributed by atoms with Gasteiger partial charge in [-0.2, -0.15) is 0 Å². The van der Waals surface area contributed by atoms with Crippen LogP contribution in [0.25, 0.3) is 0 Å². The van der Waals surface area contributed by atoms with Crippen LogP contribution in [-0.2, 0) is 9.53 Å². The van der Waals surface area contributed by atoms with Gasteiger partial charge in [0.05, 0.1) is 19.8 Å². The number of morpholine rings is 1. The number of carbonyl (C=O) groups excluding carboxylic acids is 2. The second-order valence-corrected chi connectivity index (χ2v) is 8.79. The number of amides is 2. The molecular weight excluding hydrogens is 354 g/mol. The first-order valence-corrected chi connectivity index (χ1v) is 10.3. The molecule has 0 bridgehead atoms. The Balaban J connectivity index is 2.00. The highest BCUT2D eigenvalue weighted by molar-refractivity contribution is 5.98. The Labute approximate surface area is 169 Å². The second kappa shape index (κ2) is 10.0. The zero-order valence-corrected chi connectivity index (χ0v) is 17.9. The Morgan fingerprint density at radius 2 is 1.82 bits per heavy atom. The van der Waals surface area contributed by atoms with Crippen molar-refractivity contribution in [1.29, 1.82) is 0 Å². The minimum Gasteiger partial charge on any atom is -0.370 e. The van der Waals surface area contributed by atoms with E-state index in [0.29, 0.717) is 24.4 Å². The van der Waals surface area contributed by atoms with Crippen LogP contribution in [0.15, 0.2) is 24.3 Å². The molecule has 0 spiro atoms. The minimum atomic E-state index is -0.539. The van der Waals surface area contributed by atoms with Crippen molar-refractivity contribution >= 4 is 11.8 Å². The normalized spacial score (nSPS) is 16.6. The Hall–Kier alpha value is -1.92. The van der Waals surface area contributed by atoms with Gasteiger partial charge in [0.15, 0.2) is 0 Å². The lowest BCUT2D eigenvalue weighted by molar-refractivity contribution is -0.954. The highest BCUT2D eigenvalue weighted by Gasteiger charge is 2.33. The van der Waals surface area contributed by atoms with Crippen molar-refractivity contribution in [3.05, 3.63) is 35.4 Å². The third-order valence-corrected chi connectivity index (χ3v) is 5.48. The van der Waals surface area contributed by atoms with Crippen LogP contribution in [0.3, 0.4) is 0 Å². The number of aryl methyl sites for hydroxylation is 1. The third kappa shape index (κ3) is 6.31. The summed E-state index contributed by atoms with van der Waals surface area (Å²) in [5.41, 5.74) is 1.44. The van der Waals surface area contributed by atoms with E-state index in [1.54, 1.807) is 6.07 Å². The fourth-order valence-electron chi connectivity index (χ4n) is 3.62. The number of carbonyl (C=O) groups is 2. The summed E-state index contributed by atoms with van der Waals surface area (Å²) in [4.78, 5) is 27.0. The Morgan fingerprint density at radius 3 is 2.43 bits per heavy atom. The van der Waals surface area contributed by atoms with E-state index >= 15 is 0 Å². The number of ether oxygens (including phenoxy) is 1. The topological polar surface area (TPSA) is 71.9 Å². The molecule has 3 N–H and O–H groups in total. The van der Waals surface area contributed by atoms with Gasteiger partial charge in [0.25, 0.3) is 5.91 Å². The first kappa shape index (κ1) is 22.4. The van der Waals surface area contributed by atoms with Gasteiger partial charge in [0.1, 0.15) is 24.7 Å². The average Bonchev–Trinajstić information content (AvgIpc) is 2.66. The van der Waals surface area contributed by atoms with Crippen LogP contribution in [0.5, 0.6) is 0 Å². The Bertz CT molecular complexity index is 667. The van der Waals surface area contributed by atoms with E-state index in [-0.39, 0.29) is 17.4 Å². The van der Waals surface area contributed by atoms with E-state index in [0.717, 1.165) is 31.9 Å². The van der Waals surface area contributed by atoms with Crippen LogP contribution in [0, 0.1) is 12.8 Å². The van der Waals surface area contributed by atoms with Crippen molar-refractivity contribution in [3.8, 4) is 0 Å². The second-order valence-electron chi connectivity index (χ2n) is 8.79. The molecule has 0 aliphatic carbocycles. The lowest BCUT2D eigenvalue weighted by Gasteiger charge is -2.38. The molecule has 6 nitrogen and oxygen atoms in total. The highest BCUT2D eigenvalue weighted by atomic mass is 16.5. The molecule has 1 atom stereocenters. The zero-order valence-electron chi connectivity index (χ0n) is 17.9. The highest BCUT2D eigenvalue weighted by Crippen LogP contribution is 2.10. The zero-order chi connectivity index (χ0) is 20.7. The summed E-state index contributed by atoms with van der Waals surface area (Å²) in [6, 6.07) is 6.90. The molecular formula is C22H36N3O3+. The van der Waals surface area contributed by atoms with Crippen molar-refractivity contribution in [2.24, 2.45) is 5.92 Å². The van der Waals surface area contributed by atoms with Gasteiger partial charge >= 0.3 is 0 Å². The molecule has 1 fully saturated rings. The van der Waals surface area contributed by atoms with Crippen molar-refractivity contribution in [1.82, 2.24) is 10.6 Å².